The second-order valence-electron chi connectivity index (χ2n) is 4.57. The molecule has 2 aromatic carbocycles. The summed E-state index contributed by atoms with van der Waals surface area (Å²) in [6.07, 6.45) is -0.905. The molecule has 0 aliphatic carbocycles. The van der Waals surface area contributed by atoms with E-state index < -0.39 is 29.6 Å². The van der Waals surface area contributed by atoms with E-state index >= 15 is 0 Å². The first kappa shape index (κ1) is 17.5. The molecule has 2 aromatic rings. The van der Waals surface area contributed by atoms with Crippen LogP contribution in [0.2, 0.25) is 0 Å². The summed E-state index contributed by atoms with van der Waals surface area (Å²) in [5.41, 5.74) is 6.30. The van der Waals surface area contributed by atoms with Crippen molar-refractivity contribution in [1.29, 1.82) is 0 Å². The fraction of sp³-hybridized carbons (Fsp3) is 0.200. The molecule has 0 heterocycles. The number of benzene rings is 2. The minimum atomic E-state index is -1.28. The number of halogens is 4. The van der Waals surface area contributed by atoms with Crippen LogP contribution in [-0.2, 0) is 6.42 Å². The first-order valence-electron chi connectivity index (χ1n) is 6.11. The third-order valence-electron chi connectivity index (χ3n) is 3.10. The minimum Gasteiger partial charge on any atom is -0.391 e. The maximum absolute atomic E-state index is 13.6. The molecule has 0 radical (unpaired) electrons. The van der Waals surface area contributed by atoms with Crippen LogP contribution in [0.3, 0.4) is 0 Å². The van der Waals surface area contributed by atoms with Gasteiger partial charge in [0.2, 0.25) is 0 Å². The molecule has 0 fully saturated rings. The van der Waals surface area contributed by atoms with E-state index in [1.807, 2.05) is 6.07 Å². The second-order valence-corrected chi connectivity index (χ2v) is 4.57. The van der Waals surface area contributed by atoms with Gasteiger partial charge in [-0.3, -0.25) is 0 Å². The van der Waals surface area contributed by atoms with E-state index in [1.165, 1.54) is 0 Å². The Morgan fingerprint density at radius 1 is 0.952 bits per heavy atom. The zero-order valence-electron chi connectivity index (χ0n) is 11.0. The molecule has 3 N–H and O–H groups in total. The summed E-state index contributed by atoms with van der Waals surface area (Å²) in [6.45, 7) is 0. The van der Waals surface area contributed by atoms with Crippen LogP contribution in [-0.4, -0.2) is 11.2 Å². The van der Waals surface area contributed by atoms with Crippen molar-refractivity contribution in [2.24, 2.45) is 5.73 Å². The lowest BCUT2D eigenvalue weighted by Gasteiger charge is -2.20. The number of nitrogens with two attached hydrogens (primary N) is 1. The average molecular weight is 318 g/mol. The van der Waals surface area contributed by atoms with Crippen molar-refractivity contribution in [3.8, 4) is 0 Å². The third-order valence-corrected chi connectivity index (χ3v) is 3.10. The molecule has 0 aliphatic heterocycles. The van der Waals surface area contributed by atoms with E-state index in [4.69, 9.17) is 5.73 Å². The maximum Gasteiger partial charge on any atom is 0.161 e. The zero-order chi connectivity index (χ0) is 14.7. The smallest absolute Gasteiger partial charge is 0.161 e. The van der Waals surface area contributed by atoms with Gasteiger partial charge < -0.3 is 10.8 Å². The van der Waals surface area contributed by atoms with E-state index in [-0.39, 0.29) is 24.4 Å². The molecule has 0 aliphatic rings. The highest BCUT2D eigenvalue weighted by atomic mass is 35.5. The van der Waals surface area contributed by atoms with Gasteiger partial charge in [0, 0.05) is 18.1 Å². The molecule has 21 heavy (non-hydrogen) atoms. The fourth-order valence-electron chi connectivity index (χ4n) is 1.98. The first-order valence-corrected chi connectivity index (χ1v) is 6.11. The normalized spacial score (nSPS) is 13.4. The predicted molar refractivity (Wildman–Crippen MR) is 76.6 cm³/mol. The van der Waals surface area contributed by atoms with Crippen LogP contribution in [0.15, 0.2) is 42.5 Å². The Morgan fingerprint density at radius 3 is 2.14 bits per heavy atom. The highest BCUT2D eigenvalue weighted by Gasteiger charge is 2.22. The van der Waals surface area contributed by atoms with Crippen LogP contribution >= 0.6 is 12.4 Å². The van der Waals surface area contributed by atoms with Gasteiger partial charge in [-0.1, -0.05) is 30.3 Å². The topological polar surface area (TPSA) is 46.2 Å². The summed E-state index contributed by atoms with van der Waals surface area (Å²) in [4.78, 5) is 0. The largest absolute Gasteiger partial charge is 0.391 e. The lowest BCUT2D eigenvalue weighted by molar-refractivity contribution is 0.143. The fourth-order valence-corrected chi connectivity index (χ4v) is 1.98. The van der Waals surface area contributed by atoms with Crippen LogP contribution in [0.1, 0.15) is 17.2 Å². The Bertz CT molecular complexity index is 595. The number of rotatable bonds is 4. The van der Waals surface area contributed by atoms with Crippen molar-refractivity contribution in [3.63, 3.8) is 0 Å². The number of hydrogen-bond donors (Lipinski definition) is 2. The van der Waals surface area contributed by atoms with Gasteiger partial charge in [0.15, 0.2) is 11.6 Å². The summed E-state index contributed by atoms with van der Waals surface area (Å²) in [6, 6.07) is 8.98. The second kappa shape index (κ2) is 7.45. The summed E-state index contributed by atoms with van der Waals surface area (Å²) in [7, 11) is 0. The van der Waals surface area contributed by atoms with Gasteiger partial charge >= 0.3 is 0 Å². The van der Waals surface area contributed by atoms with Gasteiger partial charge in [-0.15, -0.1) is 12.4 Å². The molecule has 6 heteroatoms. The molecule has 0 saturated heterocycles. The van der Waals surface area contributed by atoms with Gasteiger partial charge in [0.05, 0.1) is 12.1 Å². The molecule has 2 rings (SSSR count). The number of aliphatic hydroxyl groups excluding tert-OH is 1. The van der Waals surface area contributed by atoms with Gasteiger partial charge in [0.1, 0.15) is 5.82 Å². The minimum absolute atomic E-state index is 0. The Balaban J connectivity index is 0.00000220. The molecule has 2 nitrogen and oxygen atoms in total. The SMILES string of the molecule is Cl.N[C@H](c1cc(F)c(F)cc1F)[C@@H](O)Cc1ccccc1. The number of hydrogen-bond acceptors (Lipinski definition) is 2. The first-order chi connectivity index (χ1) is 9.49. The van der Waals surface area contributed by atoms with Crippen molar-refractivity contribution in [3.05, 3.63) is 71.0 Å². The van der Waals surface area contributed by atoms with Crippen molar-refractivity contribution in [1.82, 2.24) is 0 Å². The van der Waals surface area contributed by atoms with Crippen molar-refractivity contribution < 1.29 is 18.3 Å². The molecule has 2 atom stereocenters. The lowest BCUT2D eigenvalue weighted by atomic mass is 9.96. The summed E-state index contributed by atoms with van der Waals surface area (Å²) in [5, 5.41) is 10.0. The highest BCUT2D eigenvalue weighted by Crippen LogP contribution is 2.23. The van der Waals surface area contributed by atoms with Crippen LogP contribution in [0.5, 0.6) is 0 Å². The van der Waals surface area contributed by atoms with E-state index in [0.29, 0.717) is 12.1 Å². The van der Waals surface area contributed by atoms with Crippen LogP contribution in [0.4, 0.5) is 13.2 Å². The summed E-state index contributed by atoms with van der Waals surface area (Å²) < 4.78 is 39.6. The highest BCUT2D eigenvalue weighted by molar-refractivity contribution is 5.85. The van der Waals surface area contributed by atoms with Crippen molar-refractivity contribution in [2.75, 3.05) is 0 Å². The Labute approximate surface area is 126 Å². The quantitative estimate of drug-likeness (QED) is 0.851. The van der Waals surface area contributed by atoms with E-state index in [2.05, 4.69) is 0 Å². The molecule has 0 bridgehead atoms. The van der Waals surface area contributed by atoms with Gasteiger partial charge in [0.25, 0.3) is 0 Å². The standard InChI is InChI=1S/C15H14F3NO.ClH/c16-11-8-13(18)12(17)7-10(11)15(19)14(20)6-9-4-2-1-3-5-9;/h1-5,7-8,14-15,20H,6,19H2;1H/t14-,15+;/m0./s1. The van der Waals surface area contributed by atoms with E-state index in [1.54, 1.807) is 24.3 Å². The van der Waals surface area contributed by atoms with Crippen LogP contribution < -0.4 is 5.73 Å². The molecular weight excluding hydrogens is 303 g/mol. The van der Waals surface area contributed by atoms with Crippen molar-refractivity contribution in [2.45, 2.75) is 18.6 Å². The van der Waals surface area contributed by atoms with Gasteiger partial charge in [-0.05, 0) is 11.6 Å². The molecular formula is C15H15ClF3NO. The van der Waals surface area contributed by atoms with E-state index in [0.717, 1.165) is 5.56 Å². The average Bonchev–Trinajstić information content (AvgIpc) is 2.43. The van der Waals surface area contributed by atoms with E-state index in [9.17, 15) is 18.3 Å². The third kappa shape index (κ3) is 4.20. The Hall–Kier alpha value is -1.56. The molecule has 0 unspecified atom stereocenters. The Morgan fingerprint density at radius 2 is 1.52 bits per heavy atom. The molecule has 114 valence electrons. The Kier molecular flexibility index (Phi) is 6.20. The number of aliphatic hydroxyl groups is 1. The van der Waals surface area contributed by atoms with Crippen molar-refractivity contribution >= 4 is 12.4 Å². The lowest BCUT2D eigenvalue weighted by Crippen LogP contribution is -2.29. The monoisotopic (exact) mass is 317 g/mol. The molecule has 0 amide bonds. The molecule has 0 spiro atoms. The van der Waals surface area contributed by atoms with Crippen LogP contribution in [0.25, 0.3) is 0 Å². The summed E-state index contributed by atoms with van der Waals surface area (Å²) >= 11 is 0. The predicted octanol–water partition coefficient (Wildman–Crippen LogP) is 3.13. The summed E-state index contributed by atoms with van der Waals surface area (Å²) in [5.74, 6) is -3.44. The maximum atomic E-state index is 13.6. The molecule has 0 saturated carbocycles. The van der Waals surface area contributed by atoms with Crippen LogP contribution in [0, 0.1) is 17.5 Å². The zero-order valence-corrected chi connectivity index (χ0v) is 11.8. The molecule has 0 aromatic heterocycles. The van der Waals surface area contributed by atoms with Gasteiger partial charge in [-0.25, -0.2) is 13.2 Å². The van der Waals surface area contributed by atoms with Gasteiger partial charge in [-0.2, -0.15) is 0 Å².